The zero-order valence-corrected chi connectivity index (χ0v) is 16.2. The van der Waals surface area contributed by atoms with E-state index in [1.54, 1.807) is 41.0 Å². The largest absolute Gasteiger partial charge is 0.347 e. The van der Waals surface area contributed by atoms with Gasteiger partial charge in [-0.1, -0.05) is 6.07 Å². The second-order valence-corrected chi connectivity index (χ2v) is 8.64. The lowest BCUT2D eigenvalue weighted by atomic mass is 9.78. The van der Waals surface area contributed by atoms with Crippen molar-refractivity contribution < 1.29 is 4.79 Å². The van der Waals surface area contributed by atoms with Gasteiger partial charge in [0.15, 0.2) is 0 Å². The monoisotopic (exact) mass is 372 g/mol. The van der Waals surface area contributed by atoms with E-state index in [0.717, 1.165) is 42.5 Å². The second kappa shape index (κ2) is 6.63. The van der Waals surface area contributed by atoms with Gasteiger partial charge in [-0.15, -0.1) is 11.3 Å². The van der Waals surface area contributed by atoms with Crippen LogP contribution in [0.1, 0.15) is 34.8 Å². The minimum atomic E-state index is -0.412. The van der Waals surface area contributed by atoms with E-state index in [9.17, 15) is 9.59 Å². The van der Waals surface area contributed by atoms with Gasteiger partial charge in [-0.3, -0.25) is 19.1 Å². The number of carbonyl (C=O) groups excluding carboxylic acids is 1. The fourth-order valence-corrected chi connectivity index (χ4v) is 5.05. The van der Waals surface area contributed by atoms with Crippen molar-refractivity contribution in [1.29, 1.82) is 0 Å². The van der Waals surface area contributed by atoms with Crippen LogP contribution in [0.2, 0.25) is 0 Å². The molecular formula is C19H24N4O2S. The highest BCUT2D eigenvalue weighted by molar-refractivity contribution is 7.09. The maximum atomic E-state index is 12.9. The molecule has 2 aromatic rings. The average Bonchev–Trinajstić information content (AvgIpc) is 3.00. The van der Waals surface area contributed by atoms with Gasteiger partial charge in [0.2, 0.25) is 5.91 Å². The molecule has 1 amide bonds. The third kappa shape index (κ3) is 2.99. The van der Waals surface area contributed by atoms with Gasteiger partial charge in [0.25, 0.3) is 5.56 Å². The fraction of sp³-hybridized carbons (Fsp3) is 0.526. The highest BCUT2D eigenvalue weighted by atomic mass is 32.1. The van der Waals surface area contributed by atoms with Crippen molar-refractivity contribution in [2.24, 2.45) is 5.92 Å². The lowest BCUT2D eigenvalue weighted by Gasteiger charge is -2.46. The number of carbonyl (C=O) groups is 1. The predicted octanol–water partition coefficient (Wildman–Crippen LogP) is 1.86. The van der Waals surface area contributed by atoms with E-state index in [0.29, 0.717) is 0 Å². The summed E-state index contributed by atoms with van der Waals surface area (Å²) in [5.41, 5.74) is 2.02. The summed E-state index contributed by atoms with van der Waals surface area (Å²) in [6.07, 6.45) is 0.959. The van der Waals surface area contributed by atoms with Crippen LogP contribution in [0.5, 0.6) is 0 Å². The van der Waals surface area contributed by atoms with Crippen LogP contribution >= 0.6 is 11.3 Å². The molecule has 1 saturated heterocycles. The normalized spacial score (nSPS) is 25.0. The van der Waals surface area contributed by atoms with Crippen molar-refractivity contribution >= 4 is 17.2 Å². The number of hydrogen-bond donors (Lipinski definition) is 0. The zero-order chi connectivity index (χ0) is 18.4. The molecule has 7 heteroatoms. The van der Waals surface area contributed by atoms with Gasteiger partial charge in [0.1, 0.15) is 6.04 Å². The van der Waals surface area contributed by atoms with Crippen LogP contribution in [0.15, 0.2) is 28.4 Å². The highest BCUT2D eigenvalue weighted by Gasteiger charge is 2.44. The SMILES string of the molecule is Cc1nc(CN2C[C@H]3C[C@@H](C2)[C@H](C(=O)N(C)C)n2c3cccc2=O)cs1. The number of aromatic nitrogens is 2. The summed E-state index contributed by atoms with van der Waals surface area (Å²) >= 11 is 1.67. The van der Waals surface area contributed by atoms with Gasteiger partial charge < -0.3 is 4.90 Å². The van der Waals surface area contributed by atoms with E-state index in [2.05, 4.69) is 15.3 Å². The quantitative estimate of drug-likeness (QED) is 0.825. The Balaban J connectivity index is 1.70. The summed E-state index contributed by atoms with van der Waals surface area (Å²) in [4.78, 5) is 34.1. The molecule has 2 aliphatic rings. The molecule has 4 rings (SSSR count). The highest BCUT2D eigenvalue weighted by Crippen LogP contribution is 2.41. The maximum Gasteiger partial charge on any atom is 0.251 e. The molecule has 0 aliphatic carbocycles. The first-order valence-corrected chi connectivity index (χ1v) is 9.88. The fourth-order valence-electron chi connectivity index (χ4n) is 4.45. The Morgan fingerprint density at radius 2 is 2.15 bits per heavy atom. The number of pyridine rings is 1. The third-order valence-corrected chi connectivity index (χ3v) is 6.29. The van der Waals surface area contributed by atoms with Crippen molar-refractivity contribution in [3.63, 3.8) is 0 Å². The minimum Gasteiger partial charge on any atom is -0.347 e. The van der Waals surface area contributed by atoms with Crippen LogP contribution in [0.4, 0.5) is 0 Å². The van der Waals surface area contributed by atoms with Crippen LogP contribution in [-0.2, 0) is 11.3 Å². The molecule has 4 heterocycles. The summed E-state index contributed by atoms with van der Waals surface area (Å²) in [7, 11) is 3.53. The van der Waals surface area contributed by atoms with Gasteiger partial charge in [-0.2, -0.15) is 0 Å². The first kappa shape index (κ1) is 17.4. The summed E-state index contributed by atoms with van der Waals surface area (Å²) < 4.78 is 1.76. The molecule has 3 atom stereocenters. The standard InChI is InChI=1S/C19H24N4O2S/c1-12-20-15(11-26-12)10-22-8-13-7-14(9-22)18(19(25)21(2)3)23-16(13)5-4-6-17(23)24/h4-6,11,13-14,18H,7-10H2,1-3H3/t13-,14+,18-/m1/s1. The second-order valence-electron chi connectivity index (χ2n) is 7.58. The Morgan fingerprint density at radius 3 is 2.85 bits per heavy atom. The molecule has 2 bridgehead atoms. The topological polar surface area (TPSA) is 58.4 Å². The molecule has 2 aromatic heterocycles. The van der Waals surface area contributed by atoms with Crippen molar-refractivity contribution in [3.05, 3.63) is 50.3 Å². The maximum absolute atomic E-state index is 12.9. The van der Waals surface area contributed by atoms with Crippen molar-refractivity contribution in [2.45, 2.75) is 31.8 Å². The number of nitrogens with zero attached hydrogens (tertiary/aromatic N) is 4. The molecule has 0 unspecified atom stereocenters. The number of thiazole rings is 1. The van der Waals surface area contributed by atoms with Gasteiger partial charge in [-0.05, 0) is 19.4 Å². The molecule has 1 fully saturated rings. The zero-order valence-electron chi connectivity index (χ0n) is 15.4. The van der Waals surface area contributed by atoms with Gasteiger partial charge in [0, 0.05) is 62.7 Å². The lowest BCUT2D eigenvalue weighted by molar-refractivity contribution is -0.135. The Labute approximate surface area is 157 Å². The number of rotatable bonds is 3. The molecule has 0 saturated carbocycles. The van der Waals surface area contributed by atoms with E-state index in [4.69, 9.17) is 0 Å². The lowest BCUT2D eigenvalue weighted by Crippen LogP contribution is -2.53. The number of hydrogen-bond acceptors (Lipinski definition) is 5. The number of aryl methyl sites for hydroxylation is 1. The summed E-state index contributed by atoms with van der Waals surface area (Å²) in [6.45, 7) is 4.54. The average molecular weight is 372 g/mol. The molecular weight excluding hydrogens is 348 g/mol. The van der Waals surface area contributed by atoms with E-state index in [-0.39, 0.29) is 23.3 Å². The first-order chi connectivity index (χ1) is 12.4. The van der Waals surface area contributed by atoms with Crippen LogP contribution in [-0.4, -0.2) is 52.4 Å². The van der Waals surface area contributed by atoms with Crippen LogP contribution in [0.3, 0.4) is 0 Å². The van der Waals surface area contributed by atoms with Crippen molar-refractivity contribution in [3.8, 4) is 0 Å². The molecule has 0 spiro atoms. The molecule has 6 nitrogen and oxygen atoms in total. The smallest absolute Gasteiger partial charge is 0.251 e. The summed E-state index contributed by atoms with van der Waals surface area (Å²) in [5, 5.41) is 3.19. The molecule has 138 valence electrons. The number of likely N-dealkylation sites (N-methyl/N-ethyl adjacent to an activating group) is 1. The van der Waals surface area contributed by atoms with Crippen molar-refractivity contribution in [1.82, 2.24) is 19.4 Å². The van der Waals surface area contributed by atoms with Gasteiger partial charge in [0.05, 0.1) is 10.7 Å². The number of likely N-dealkylation sites (tertiary alicyclic amines) is 1. The van der Waals surface area contributed by atoms with Gasteiger partial charge >= 0.3 is 0 Å². The third-order valence-electron chi connectivity index (χ3n) is 5.47. The number of piperidine rings is 1. The minimum absolute atomic E-state index is 0.00866. The Hall–Kier alpha value is -1.99. The Bertz CT molecular complexity index is 888. The van der Waals surface area contributed by atoms with E-state index < -0.39 is 6.04 Å². The van der Waals surface area contributed by atoms with E-state index in [1.165, 1.54) is 0 Å². The Kier molecular flexibility index (Phi) is 4.44. The molecule has 0 aromatic carbocycles. The number of fused-ring (bicyclic) bond motifs is 4. The summed E-state index contributed by atoms with van der Waals surface area (Å²) in [5.74, 6) is 0.443. The van der Waals surface area contributed by atoms with Crippen molar-refractivity contribution in [2.75, 3.05) is 27.2 Å². The molecule has 0 N–H and O–H groups in total. The van der Waals surface area contributed by atoms with E-state index >= 15 is 0 Å². The molecule has 26 heavy (non-hydrogen) atoms. The number of amides is 1. The van der Waals surface area contributed by atoms with E-state index in [1.807, 2.05) is 19.1 Å². The van der Waals surface area contributed by atoms with Gasteiger partial charge in [-0.25, -0.2) is 4.98 Å². The molecule has 2 aliphatic heterocycles. The van der Waals surface area contributed by atoms with Crippen LogP contribution < -0.4 is 5.56 Å². The van der Waals surface area contributed by atoms with Crippen LogP contribution in [0, 0.1) is 12.8 Å². The van der Waals surface area contributed by atoms with Crippen LogP contribution in [0.25, 0.3) is 0 Å². The first-order valence-electron chi connectivity index (χ1n) is 9.00. The summed E-state index contributed by atoms with van der Waals surface area (Å²) in [6, 6.07) is 4.98. The molecule has 0 radical (unpaired) electrons. The predicted molar refractivity (Wildman–Crippen MR) is 101 cm³/mol. The Morgan fingerprint density at radius 1 is 1.35 bits per heavy atom.